The summed E-state index contributed by atoms with van der Waals surface area (Å²) in [5.74, 6) is 6.30. The van der Waals surface area contributed by atoms with E-state index in [1.54, 1.807) is 0 Å². The maximum atomic E-state index is 13.0. The molecule has 9 heteroatoms. The minimum Gasteiger partial charge on any atom is -0.489 e. The molecule has 8 nitrogen and oxygen atoms in total. The van der Waals surface area contributed by atoms with Crippen LogP contribution in [0.3, 0.4) is 0 Å². The fourth-order valence-corrected chi connectivity index (χ4v) is 5.34. The lowest BCUT2D eigenvalue weighted by Crippen LogP contribution is -2.50. The van der Waals surface area contributed by atoms with Crippen molar-refractivity contribution < 1.29 is 22.8 Å². The number of hydroxylamine groups is 1. The van der Waals surface area contributed by atoms with E-state index in [9.17, 15) is 13.2 Å². The molecule has 1 N–H and O–H groups in total. The quantitative estimate of drug-likeness (QED) is 0.191. The molecule has 1 aliphatic heterocycles. The lowest BCUT2D eigenvalue weighted by molar-refractivity contribution is -0.122. The molecule has 1 aliphatic rings. The molecule has 0 bridgehead atoms. The number of benzene rings is 2. The Kier molecular flexibility index (Phi) is 11.1. The fourth-order valence-electron chi connectivity index (χ4n) is 3.88. The fraction of sp³-hybridized carbons (Fsp3) is 0.444. The Morgan fingerprint density at radius 1 is 1.03 bits per heavy atom. The topological polar surface area (TPSA) is 88.2 Å². The van der Waals surface area contributed by atoms with Crippen molar-refractivity contribution in [1.29, 1.82) is 0 Å². The normalized spacial score (nSPS) is 15.0. The van der Waals surface area contributed by atoms with E-state index in [0.29, 0.717) is 45.6 Å². The van der Waals surface area contributed by atoms with Crippen molar-refractivity contribution in [2.45, 2.75) is 45.3 Å². The molecule has 1 fully saturated rings. The zero-order valence-electron chi connectivity index (χ0n) is 20.8. The summed E-state index contributed by atoms with van der Waals surface area (Å²) in [5.41, 5.74) is 4.22. The maximum Gasteiger partial charge on any atom is 0.230 e. The number of anilines is 1. The van der Waals surface area contributed by atoms with Crippen molar-refractivity contribution >= 4 is 22.1 Å². The number of carbonyl (C=O) groups is 1. The summed E-state index contributed by atoms with van der Waals surface area (Å²) >= 11 is 0. The highest BCUT2D eigenvalue weighted by molar-refractivity contribution is 7.89. The zero-order valence-corrected chi connectivity index (χ0v) is 21.6. The summed E-state index contributed by atoms with van der Waals surface area (Å²) in [6.07, 6.45) is 3.23. The van der Waals surface area contributed by atoms with Gasteiger partial charge in [0.2, 0.25) is 16.4 Å². The number of piperazine rings is 1. The molecule has 1 heterocycles. The third kappa shape index (κ3) is 8.86. The second-order valence-corrected chi connectivity index (χ2v) is 10.6. The minimum atomic E-state index is -3.60. The van der Waals surface area contributed by atoms with Gasteiger partial charge in [-0.25, -0.2) is 13.9 Å². The first-order valence-electron chi connectivity index (χ1n) is 12.3. The van der Waals surface area contributed by atoms with Crippen molar-refractivity contribution in [3.05, 3.63) is 60.2 Å². The number of unbranched alkanes of at least 4 members (excludes halogenated alkanes) is 3. The van der Waals surface area contributed by atoms with Gasteiger partial charge in [0.05, 0.1) is 0 Å². The first-order chi connectivity index (χ1) is 17.5. The third-order valence-electron chi connectivity index (χ3n) is 5.87. The van der Waals surface area contributed by atoms with Gasteiger partial charge in [0.1, 0.15) is 18.1 Å². The highest BCUT2D eigenvalue weighted by Crippen LogP contribution is 2.22. The van der Waals surface area contributed by atoms with E-state index < -0.39 is 16.1 Å². The highest BCUT2D eigenvalue weighted by atomic mass is 32.2. The molecule has 0 aliphatic carbocycles. The average molecular weight is 514 g/mol. The largest absolute Gasteiger partial charge is 0.489 e. The number of nitrogens with one attached hydrogen (secondary N) is 1. The van der Waals surface area contributed by atoms with Crippen LogP contribution in [0.5, 0.6) is 5.75 Å². The second-order valence-electron chi connectivity index (χ2n) is 8.55. The predicted molar refractivity (Wildman–Crippen MR) is 141 cm³/mol. The average Bonchev–Trinajstić information content (AvgIpc) is 2.91. The van der Waals surface area contributed by atoms with E-state index in [-0.39, 0.29) is 5.75 Å². The predicted octanol–water partition coefficient (Wildman–Crippen LogP) is 3.35. The zero-order chi connectivity index (χ0) is 25.6. The molecule has 2 aromatic rings. The molecule has 3 rings (SSSR count). The number of carbonyl (C=O) groups excluding carboxylic acids is 1. The summed E-state index contributed by atoms with van der Waals surface area (Å²) in [6, 6.07) is 17.8. The molecular weight excluding hydrogens is 478 g/mol. The van der Waals surface area contributed by atoms with Gasteiger partial charge in [-0.2, -0.15) is 4.31 Å². The number of rotatable bonds is 13. The van der Waals surface area contributed by atoms with Crippen LogP contribution in [0.1, 0.15) is 38.2 Å². The van der Waals surface area contributed by atoms with Gasteiger partial charge >= 0.3 is 0 Å². The van der Waals surface area contributed by atoms with E-state index in [1.807, 2.05) is 54.6 Å². The molecule has 1 atom stereocenters. The Hall–Kier alpha value is -3.06. The summed E-state index contributed by atoms with van der Waals surface area (Å²) in [6.45, 7) is 4.50. The van der Waals surface area contributed by atoms with E-state index in [0.717, 1.165) is 36.3 Å². The molecule has 1 unspecified atom stereocenters. The van der Waals surface area contributed by atoms with Gasteiger partial charge in [-0.3, -0.25) is 9.63 Å². The summed E-state index contributed by atoms with van der Waals surface area (Å²) in [5, 5.41) is 0. The molecule has 1 saturated heterocycles. The van der Waals surface area contributed by atoms with Gasteiger partial charge in [0.15, 0.2) is 6.10 Å². The maximum absolute atomic E-state index is 13.0. The van der Waals surface area contributed by atoms with E-state index in [2.05, 4.69) is 29.1 Å². The van der Waals surface area contributed by atoms with Crippen molar-refractivity contribution in [2.24, 2.45) is 0 Å². The van der Waals surface area contributed by atoms with Gasteiger partial charge in [-0.15, -0.1) is 5.92 Å². The number of nitrogens with zero attached hydrogens (tertiary/aromatic N) is 2. The van der Waals surface area contributed by atoms with Gasteiger partial charge < -0.3 is 9.64 Å². The number of sulfonamides is 1. The van der Waals surface area contributed by atoms with Crippen LogP contribution in [0.15, 0.2) is 54.6 Å². The van der Waals surface area contributed by atoms with Crippen molar-refractivity contribution in [1.82, 2.24) is 9.79 Å². The van der Waals surface area contributed by atoms with Gasteiger partial charge in [0.25, 0.3) is 0 Å². The smallest absolute Gasteiger partial charge is 0.230 e. The van der Waals surface area contributed by atoms with Crippen LogP contribution in [0, 0.1) is 11.8 Å². The third-order valence-corrected chi connectivity index (χ3v) is 7.75. The second kappa shape index (κ2) is 14.5. The van der Waals surface area contributed by atoms with Crippen LogP contribution in [-0.4, -0.2) is 57.2 Å². The standard InChI is InChI=1S/C27H35N3O5S/c1-2-3-4-5-9-12-27(35-28-23-31)22-36(32,33)30-19-17-29(18-20-30)25-13-15-26(16-14-25)34-21-24-10-7-6-8-11-24/h6-8,10-11,13-16,23,27H,2-5,17-22H2,1H3,(H,28,31). The number of hydrogen-bond donors (Lipinski definition) is 1. The first-order valence-corrected chi connectivity index (χ1v) is 14.0. The summed E-state index contributed by atoms with van der Waals surface area (Å²) in [7, 11) is -3.60. The van der Waals surface area contributed by atoms with E-state index in [4.69, 9.17) is 9.57 Å². The molecule has 0 aromatic heterocycles. The summed E-state index contributed by atoms with van der Waals surface area (Å²) < 4.78 is 33.3. The Morgan fingerprint density at radius 3 is 2.42 bits per heavy atom. The van der Waals surface area contributed by atoms with Crippen LogP contribution < -0.4 is 15.1 Å². The Bertz CT molecular complexity index is 1090. The lowest BCUT2D eigenvalue weighted by atomic mass is 10.2. The number of hydrogen-bond acceptors (Lipinski definition) is 6. The van der Waals surface area contributed by atoms with Crippen LogP contribution in [0.25, 0.3) is 0 Å². The molecule has 0 radical (unpaired) electrons. The molecule has 36 heavy (non-hydrogen) atoms. The van der Waals surface area contributed by atoms with Gasteiger partial charge in [0, 0.05) is 38.3 Å². The van der Waals surface area contributed by atoms with Crippen molar-refractivity contribution in [3.8, 4) is 17.6 Å². The van der Waals surface area contributed by atoms with Crippen LogP contribution >= 0.6 is 0 Å². The monoisotopic (exact) mass is 513 g/mol. The summed E-state index contributed by atoms with van der Waals surface area (Å²) in [4.78, 5) is 17.9. The van der Waals surface area contributed by atoms with Crippen LogP contribution in [-0.2, 0) is 26.3 Å². The highest BCUT2D eigenvalue weighted by Gasteiger charge is 2.29. The van der Waals surface area contributed by atoms with E-state index in [1.165, 1.54) is 4.31 Å². The molecular formula is C27H35N3O5S. The number of ether oxygens (including phenoxy) is 1. The first kappa shape index (κ1) is 27.5. The van der Waals surface area contributed by atoms with Gasteiger partial charge in [-0.05, 0) is 36.2 Å². The van der Waals surface area contributed by atoms with Gasteiger partial charge in [-0.1, -0.05) is 56.0 Å². The molecule has 0 saturated carbocycles. The Labute approximate surface area is 214 Å². The molecule has 194 valence electrons. The molecule has 1 amide bonds. The molecule has 2 aromatic carbocycles. The van der Waals surface area contributed by atoms with Crippen molar-refractivity contribution in [3.63, 3.8) is 0 Å². The number of amides is 1. The Balaban J connectivity index is 1.50. The lowest BCUT2D eigenvalue weighted by Gasteiger charge is -2.35. The van der Waals surface area contributed by atoms with E-state index >= 15 is 0 Å². The SMILES string of the molecule is CCCCCC#CC(CS(=O)(=O)N1CCN(c2ccc(OCc3ccccc3)cc2)CC1)ONC=O. The molecule has 0 spiro atoms. The van der Waals surface area contributed by atoms with Crippen molar-refractivity contribution in [2.75, 3.05) is 36.8 Å². The Morgan fingerprint density at radius 2 is 1.75 bits per heavy atom. The van der Waals surface area contributed by atoms with Crippen LogP contribution in [0.4, 0.5) is 5.69 Å². The van der Waals surface area contributed by atoms with Crippen LogP contribution in [0.2, 0.25) is 0 Å². The minimum absolute atomic E-state index is 0.304.